The summed E-state index contributed by atoms with van der Waals surface area (Å²) >= 11 is 0. The summed E-state index contributed by atoms with van der Waals surface area (Å²) in [6.45, 7) is 0. The lowest BCUT2D eigenvalue weighted by Gasteiger charge is -1.68. The number of hydrogen-bond acceptors (Lipinski definition) is 2. The number of rotatable bonds is 0. The molecule has 1 fully saturated rings. The van der Waals surface area contributed by atoms with Gasteiger partial charge in [-0.25, -0.2) is 0 Å². The van der Waals surface area contributed by atoms with Crippen LogP contribution in [0.5, 0.6) is 0 Å². The van der Waals surface area contributed by atoms with Gasteiger partial charge in [0, 0.05) is 11.5 Å². The highest BCUT2D eigenvalue weighted by molar-refractivity contribution is 8.78. The Kier molecular flexibility index (Phi) is 1.53. The fourth-order valence-corrected chi connectivity index (χ4v) is 2.17. The van der Waals surface area contributed by atoms with E-state index in [0.29, 0.717) is 0 Å². The van der Waals surface area contributed by atoms with E-state index in [1.54, 1.807) is 0 Å². The van der Waals surface area contributed by atoms with Gasteiger partial charge in [-0.3, -0.25) is 0 Å². The van der Waals surface area contributed by atoms with Crippen molar-refractivity contribution in [1.29, 1.82) is 0 Å². The van der Waals surface area contributed by atoms with Gasteiger partial charge >= 0.3 is 0 Å². The van der Waals surface area contributed by atoms with Crippen LogP contribution in [0.4, 0.5) is 0 Å². The van der Waals surface area contributed by atoms with Crippen molar-refractivity contribution in [1.82, 2.24) is 0 Å². The Labute approximate surface area is 40.1 Å². The van der Waals surface area contributed by atoms with E-state index in [1.807, 2.05) is 21.6 Å². The standard InChI is InChI=1S/C3H5S2/c1-2-4-5-3-1/h2H,1,3H2. The fourth-order valence-electron chi connectivity index (χ4n) is 0.241. The van der Waals surface area contributed by atoms with Gasteiger partial charge in [0.25, 0.3) is 0 Å². The second kappa shape index (κ2) is 1.98. The van der Waals surface area contributed by atoms with Crippen molar-refractivity contribution in [3.05, 3.63) is 5.75 Å². The molecule has 0 saturated carbocycles. The Bertz CT molecular complexity index is 16.5. The van der Waals surface area contributed by atoms with Gasteiger partial charge in [-0.2, -0.15) is 0 Å². The van der Waals surface area contributed by atoms with Gasteiger partial charge < -0.3 is 0 Å². The third-order valence-corrected chi connectivity index (χ3v) is 2.68. The minimum absolute atomic E-state index is 1.30. The van der Waals surface area contributed by atoms with Crippen LogP contribution in [-0.4, -0.2) is 5.75 Å². The van der Waals surface area contributed by atoms with E-state index in [2.05, 4.69) is 5.75 Å². The molecule has 0 N–H and O–H groups in total. The maximum atomic E-state index is 2.24. The number of hydrogen-bond donors (Lipinski definition) is 0. The highest BCUT2D eigenvalue weighted by Gasteiger charge is 1.97. The molecule has 0 unspecified atom stereocenters. The molecule has 0 aromatic carbocycles. The molecule has 1 radical (unpaired) electrons. The molecule has 1 saturated heterocycles. The van der Waals surface area contributed by atoms with Crippen LogP contribution in [0.25, 0.3) is 0 Å². The summed E-state index contributed by atoms with van der Waals surface area (Å²) in [5.41, 5.74) is 0. The minimum Gasteiger partial charge on any atom is -0.0938 e. The van der Waals surface area contributed by atoms with Gasteiger partial charge in [-0.05, 0) is 6.42 Å². The predicted octanol–water partition coefficient (Wildman–Crippen LogP) is 1.93. The Morgan fingerprint density at radius 3 is 2.80 bits per heavy atom. The van der Waals surface area contributed by atoms with E-state index in [9.17, 15) is 0 Å². The summed E-state index contributed by atoms with van der Waals surface area (Å²) in [7, 11) is 3.80. The van der Waals surface area contributed by atoms with Crippen LogP contribution in [0.1, 0.15) is 6.42 Å². The molecule has 0 nitrogen and oxygen atoms in total. The molecule has 0 atom stereocenters. The summed E-state index contributed by atoms with van der Waals surface area (Å²) in [6, 6.07) is 0. The summed E-state index contributed by atoms with van der Waals surface area (Å²) in [5.74, 6) is 3.56. The Balaban J connectivity index is 2.08. The van der Waals surface area contributed by atoms with Crippen LogP contribution in [-0.2, 0) is 0 Å². The molecule has 1 aliphatic rings. The molecule has 0 aliphatic carbocycles. The average molecular weight is 105 g/mol. The van der Waals surface area contributed by atoms with Crippen molar-refractivity contribution < 1.29 is 0 Å². The fraction of sp³-hybridized carbons (Fsp3) is 0.667. The van der Waals surface area contributed by atoms with E-state index >= 15 is 0 Å². The molecular weight excluding hydrogens is 100 g/mol. The van der Waals surface area contributed by atoms with Gasteiger partial charge in [0.15, 0.2) is 0 Å². The van der Waals surface area contributed by atoms with Crippen LogP contribution in [0.3, 0.4) is 0 Å². The molecule has 0 aromatic heterocycles. The van der Waals surface area contributed by atoms with Gasteiger partial charge in [0.1, 0.15) is 0 Å². The Hall–Kier alpha value is 0.700. The van der Waals surface area contributed by atoms with E-state index in [4.69, 9.17) is 0 Å². The van der Waals surface area contributed by atoms with E-state index in [1.165, 1.54) is 12.2 Å². The monoisotopic (exact) mass is 105 g/mol. The molecule has 29 valence electrons. The van der Waals surface area contributed by atoms with Crippen molar-refractivity contribution in [2.24, 2.45) is 0 Å². The quantitative estimate of drug-likeness (QED) is 0.432. The second-order valence-corrected chi connectivity index (χ2v) is 3.33. The first kappa shape index (κ1) is 3.88. The van der Waals surface area contributed by atoms with Crippen LogP contribution < -0.4 is 0 Å². The maximum Gasteiger partial charge on any atom is 0.0287 e. The summed E-state index contributed by atoms with van der Waals surface area (Å²) in [4.78, 5) is 0. The lowest BCUT2D eigenvalue weighted by molar-refractivity contribution is 1.24. The Morgan fingerprint density at radius 1 is 1.60 bits per heavy atom. The first-order chi connectivity index (χ1) is 2.50. The van der Waals surface area contributed by atoms with E-state index < -0.39 is 0 Å². The topological polar surface area (TPSA) is 0 Å². The first-order valence-electron chi connectivity index (χ1n) is 1.60. The molecule has 0 aromatic rings. The van der Waals surface area contributed by atoms with Gasteiger partial charge in [-0.15, -0.1) is 0 Å². The van der Waals surface area contributed by atoms with Gasteiger partial charge in [0.05, 0.1) is 0 Å². The molecule has 0 amide bonds. The SMILES string of the molecule is [CH]1CCSS1. The molecule has 1 aliphatic heterocycles. The average Bonchev–Trinajstić information content (AvgIpc) is 1.76. The van der Waals surface area contributed by atoms with E-state index in [-0.39, 0.29) is 0 Å². The van der Waals surface area contributed by atoms with Crippen LogP contribution in [0.2, 0.25) is 0 Å². The molecular formula is C3H5S2. The minimum atomic E-state index is 1.30. The molecule has 2 heteroatoms. The van der Waals surface area contributed by atoms with Gasteiger partial charge in [-0.1, -0.05) is 21.6 Å². The summed E-state index contributed by atoms with van der Waals surface area (Å²) in [6.07, 6.45) is 1.30. The van der Waals surface area contributed by atoms with Gasteiger partial charge in [0.2, 0.25) is 0 Å². The zero-order chi connectivity index (χ0) is 3.54. The van der Waals surface area contributed by atoms with Crippen molar-refractivity contribution in [3.63, 3.8) is 0 Å². The third kappa shape index (κ3) is 1.05. The second-order valence-electron chi connectivity index (χ2n) is 0.874. The lowest BCUT2D eigenvalue weighted by atomic mass is 10.6. The Morgan fingerprint density at radius 2 is 2.60 bits per heavy atom. The first-order valence-corrected chi connectivity index (χ1v) is 3.98. The van der Waals surface area contributed by atoms with Crippen molar-refractivity contribution in [3.8, 4) is 0 Å². The molecule has 5 heavy (non-hydrogen) atoms. The van der Waals surface area contributed by atoms with Crippen molar-refractivity contribution >= 4 is 21.6 Å². The molecule has 1 rings (SSSR count). The van der Waals surface area contributed by atoms with E-state index in [0.717, 1.165) is 0 Å². The smallest absolute Gasteiger partial charge is 0.0287 e. The molecule has 1 heterocycles. The highest BCUT2D eigenvalue weighted by atomic mass is 33.1. The van der Waals surface area contributed by atoms with Crippen LogP contribution in [0, 0.1) is 5.75 Å². The highest BCUT2D eigenvalue weighted by Crippen LogP contribution is 2.33. The zero-order valence-corrected chi connectivity index (χ0v) is 4.44. The van der Waals surface area contributed by atoms with Crippen molar-refractivity contribution in [2.75, 3.05) is 5.75 Å². The summed E-state index contributed by atoms with van der Waals surface area (Å²) < 4.78 is 0. The van der Waals surface area contributed by atoms with Crippen molar-refractivity contribution in [2.45, 2.75) is 6.42 Å². The third-order valence-electron chi connectivity index (χ3n) is 0.455. The zero-order valence-electron chi connectivity index (χ0n) is 2.81. The predicted molar refractivity (Wildman–Crippen MR) is 29.0 cm³/mol. The molecule has 0 spiro atoms. The normalized spacial score (nSPS) is 24.0. The van der Waals surface area contributed by atoms with Crippen LogP contribution >= 0.6 is 21.6 Å². The lowest BCUT2D eigenvalue weighted by Crippen LogP contribution is -1.57. The largest absolute Gasteiger partial charge is 0.0938 e. The molecule has 0 bridgehead atoms. The maximum absolute atomic E-state index is 2.24. The van der Waals surface area contributed by atoms with Crippen LogP contribution in [0.15, 0.2) is 0 Å². The summed E-state index contributed by atoms with van der Waals surface area (Å²) in [5, 5.41) is 0.